The fraction of sp³-hybridized carbons (Fsp3) is 0.214. The molecule has 1 aliphatic rings. The lowest BCUT2D eigenvalue weighted by atomic mass is 9.98. The molecule has 5 rings (SSSR count). The summed E-state index contributed by atoms with van der Waals surface area (Å²) in [5, 5.41) is 4.27. The average molecular weight is 454 g/mol. The van der Waals surface area contributed by atoms with Crippen molar-refractivity contribution in [3.05, 3.63) is 114 Å². The summed E-state index contributed by atoms with van der Waals surface area (Å²) in [6.07, 6.45) is 3.41. The number of carbonyl (C=O) groups is 1. The van der Waals surface area contributed by atoms with E-state index in [-0.39, 0.29) is 12.0 Å². The van der Waals surface area contributed by atoms with Crippen LogP contribution in [-0.2, 0) is 11.3 Å². The first-order chi connectivity index (χ1) is 16.7. The highest BCUT2D eigenvalue weighted by Gasteiger charge is 2.23. The molecule has 0 bridgehead atoms. The standard InChI is InChI=1S/C28H27N3O3/c1-2-33-27(21-8-4-3-5-9-21)22-12-13-26-24(18-22)20-30(16-17-34-26)28(32)23-10-6-11-25(19-23)31-15-7-14-29-31/h3-15,18-19,27H,2,16-17,20H2,1H3. The summed E-state index contributed by atoms with van der Waals surface area (Å²) < 4.78 is 13.8. The molecule has 6 heteroatoms. The minimum Gasteiger partial charge on any atom is -0.491 e. The molecule has 2 heterocycles. The second-order valence-corrected chi connectivity index (χ2v) is 8.19. The van der Waals surface area contributed by atoms with Crippen LogP contribution in [0.15, 0.2) is 91.3 Å². The fourth-order valence-corrected chi connectivity index (χ4v) is 4.32. The second kappa shape index (κ2) is 9.93. The number of ether oxygens (including phenoxy) is 2. The number of benzene rings is 3. The maximum absolute atomic E-state index is 13.4. The molecular formula is C28H27N3O3. The summed E-state index contributed by atoms with van der Waals surface area (Å²) >= 11 is 0. The van der Waals surface area contributed by atoms with Crippen LogP contribution in [0.4, 0.5) is 0 Å². The monoisotopic (exact) mass is 453 g/mol. The van der Waals surface area contributed by atoms with E-state index in [9.17, 15) is 4.79 Å². The van der Waals surface area contributed by atoms with Gasteiger partial charge in [0.15, 0.2) is 0 Å². The number of hydrogen-bond acceptors (Lipinski definition) is 4. The lowest BCUT2D eigenvalue weighted by Crippen LogP contribution is -2.32. The number of hydrogen-bond donors (Lipinski definition) is 0. The van der Waals surface area contributed by atoms with Crippen molar-refractivity contribution in [2.24, 2.45) is 0 Å². The molecule has 172 valence electrons. The van der Waals surface area contributed by atoms with E-state index < -0.39 is 0 Å². The quantitative estimate of drug-likeness (QED) is 0.411. The van der Waals surface area contributed by atoms with E-state index in [1.165, 1.54) is 0 Å². The molecule has 34 heavy (non-hydrogen) atoms. The lowest BCUT2D eigenvalue weighted by molar-refractivity contribution is 0.0733. The third-order valence-electron chi connectivity index (χ3n) is 5.95. The smallest absolute Gasteiger partial charge is 0.254 e. The Balaban J connectivity index is 1.42. The molecule has 1 aliphatic heterocycles. The Morgan fingerprint density at radius 1 is 1.03 bits per heavy atom. The van der Waals surface area contributed by atoms with Gasteiger partial charge in [-0.25, -0.2) is 4.68 Å². The van der Waals surface area contributed by atoms with Crippen molar-refractivity contribution in [2.45, 2.75) is 19.6 Å². The van der Waals surface area contributed by atoms with E-state index >= 15 is 0 Å². The summed E-state index contributed by atoms with van der Waals surface area (Å²) in [5.41, 5.74) is 4.61. The highest BCUT2D eigenvalue weighted by atomic mass is 16.5. The van der Waals surface area contributed by atoms with Gasteiger partial charge >= 0.3 is 0 Å². The Hall–Kier alpha value is -3.90. The van der Waals surface area contributed by atoms with Crippen molar-refractivity contribution in [1.29, 1.82) is 0 Å². The molecule has 6 nitrogen and oxygen atoms in total. The molecule has 4 aromatic rings. The van der Waals surface area contributed by atoms with Gasteiger partial charge in [0.25, 0.3) is 5.91 Å². The zero-order chi connectivity index (χ0) is 23.3. The molecule has 0 fully saturated rings. The number of amides is 1. The maximum atomic E-state index is 13.4. The van der Waals surface area contributed by atoms with E-state index in [4.69, 9.17) is 9.47 Å². The van der Waals surface area contributed by atoms with Crippen LogP contribution in [0.1, 0.15) is 40.1 Å². The van der Waals surface area contributed by atoms with Gasteiger partial charge in [0.1, 0.15) is 18.5 Å². The van der Waals surface area contributed by atoms with Gasteiger partial charge < -0.3 is 14.4 Å². The summed E-state index contributed by atoms with van der Waals surface area (Å²) in [5.74, 6) is 0.785. The number of carbonyl (C=O) groups excluding carboxylic acids is 1. The molecule has 1 unspecified atom stereocenters. The van der Waals surface area contributed by atoms with Gasteiger partial charge in [0, 0.05) is 36.7 Å². The molecular weight excluding hydrogens is 426 g/mol. The summed E-state index contributed by atoms with van der Waals surface area (Å²) in [6, 6.07) is 25.7. The van der Waals surface area contributed by atoms with Gasteiger partial charge in [0.2, 0.25) is 0 Å². The zero-order valence-electron chi connectivity index (χ0n) is 19.1. The Bertz CT molecular complexity index is 1260. The normalized spacial score (nSPS) is 14.1. The predicted molar refractivity (Wildman–Crippen MR) is 130 cm³/mol. The summed E-state index contributed by atoms with van der Waals surface area (Å²) in [7, 11) is 0. The van der Waals surface area contributed by atoms with E-state index in [1.54, 1.807) is 10.9 Å². The van der Waals surface area contributed by atoms with Crippen LogP contribution in [0.5, 0.6) is 5.75 Å². The topological polar surface area (TPSA) is 56.6 Å². The van der Waals surface area contributed by atoms with Crippen molar-refractivity contribution < 1.29 is 14.3 Å². The first-order valence-electron chi connectivity index (χ1n) is 11.5. The highest BCUT2D eigenvalue weighted by molar-refractivity contribution is 5.94. The van der Waals surface area contributed by atoms with Crippen molar-refractivity contribution in [2.75, 3.05) is 19.8 Å². The largest absolute Gasteiger partial charge is 0.491 e. The molecule has 0 saturated heterocycles. The van der Waals surface area contributed by atoms with Crippen molar-refractivity contribution >= 4 is 5.91 Å². The van der Waals surface area contributed by atoms with Crippen LogP contribution in [0, 0.1) is 0 Å². The lowest BCUT2D eigenvalue weighted by Gasteiger charge is -2.22. The van der Waals surface area contributed by atoms with Crippen LogP contribution >= 0.6 is 0 Å². The maximum Gasteiger partial charge on any atom is 0.254 e. The van der Waals surface area contributed by atoms with Crippen LogP contribution in [0.25, 0.3) is 5.69 Å². The minimum atomic E-state index is -0.172. The molecule has 0 radical (unpaired) electrons. The van der Waals surface area contributed by atoms with Gasteiger partial charge in [-0.2, -0.15) is 5.10 Å². The molecule has 0 aliphatic carbocycles. The Kier molecular flexibility index (Phi) is 6.40. The molecule has 3 aromatic carbocycles. The van der Waals surface area contributed by atoms with E-state index in [2.05, 4.69) is 29.4 Å². The minimum absolute atomic E-state index is 0.0275. The van der Waals surface area contributed by atoms with Crippen molar-refractivity contribution in [3.63, 3.8) is 0 Å². The number of aromatic nitrogens is 2. The van der Waals surface area contributed by atoms with Crippen molar-refractivity contribution in [1.82, 2.24) is 14.7 Å². The molecule has 0 spiro atoms. The van der Waals surface area contributed by atoms with E-state index in [1.807, 2.05) is 72.6 Å². The SMILES string of the molecule is CCOC(c1ccccc1)c1ccc2c(c1)CN(C(=O)c1cccc(-n3cccn3)c1)CCO2. The number of fused-ring (bicyclic) bond motifs is 1. The zero-order valence-corrected chi connectivity index (χ0v) is 19.1. The van der Waals surface area contributed by atoms with E-state index in [0.717, 1.165) is 28.1 Å². The number of rotatable bonds is 6. The van der Waals surface area contributed by atoms with Crippen LogP contribution in [0.2, 0.25) is 0 Å². The van der Waals surface area contributed by atoms with Crippen molar-refractivity contribution in [3.8, 4) is 11.4 Å². The third-order valence-corrected chi connectivity index (χ3v) is 5.95. The van der Waals surface area contributed by atoms with Gasteiger partial charge in [-0.1, -0.05) is 42.5 Å². The second-order valence-electron chi connectivity index (χ2n) is 8.19. The molecule has 1 aromatic heterocycles. The third kappa shape index (κ3) is 4.58. The van der Waals surface area contributed by atoms with Crippen LogP contribution in [-0.4, -0.2) is 40.3 Å². The fourth-order valence-electron chi connectivity index (χ4n) is 4.32. The first-order valence-corrected chi connectivity index (χ1v) is 11.5. The van der Waals surface area contributed by atoms with Crippen LogP contribution in [0.3, 0.4) is 0 Å². The highest BCUT2D eigenvalue weighted by Crippen LogP contribution is 2.32. The summed E-state index contributed by atoms with van der Waals surface area (Å²) in [6.45, 7) is 4.04. The van der Waals surface area contributed by atoms with Gasteiger partial charge in [-0.05, 0) is 54.4 Å². The average Bonchev–Trinajstić information content (AvgIpc) is 3.34. The van der Waals surface area contributed by atoms with Gasteiger partial charge in [-0.3, -0.25) is 4.79 Å². The molecule has 1 atom stereocenters. The molecule has 1 amide bonds. The predicted octanol–water partition coefficient (Wildman–Crippen LogP) is 5.03. The van der Waals surface area contributed by atoms with Crippen LogP contribution < -0.4 is 4.74 Å². The Morgan fingerprint density at radius 2 is 1.91 bits per heavy atom. The van der Waals surface area contributed by atoms with Gasteiger partial charge in [0.05, 0.1) is 12.2 Å². The first kappa shape index (κ1) is 21.9. The summed E-state index contributed by atoms with van der Waals surface area (Å²) in [4.78, 5) is 15.3. The number of nitrogens with zero attached hydrogens (tertiary/aromatic N) is 3. The van der Waals surface area contributed by atoms with E-state index in [0.29, 0.717) is 31.9 Å². The molecule has 0 saturated carbocycles. The van der Waals surface area contributed by atoms with Gasteiger partial charge in [-0.15, -0.1) is 0 Å². The Morgan fingerprint density at radius 3 is 2.71 bits per heavy atom. The molecule has 0 N–H and O–H groups in total. The Labute approximate surface area is 199 Å².